The monoisotopic (exact) mass is 483 g/mol. The Bertz CT molecular complexity index is 1280. The van der Waals surface area contributed by atoms with E-state index in [0.29, 0.717) is 29.8 Å². The minimum absolute atomic E-state index is 0.00549. The summed E-state index contributed by atoms with van der Waals surface area (Å²) in [6.45, 7) is 5.47. The molecule has 1 aromatic carbocycles. The fourth-order valence-corrected chi connectivity index (χ4v) is 4.28. The fraction of sp³-hybridized carbons (Fsp3) is 0.320. The van der Waals surface area contributed by atoms with Crippen molar-refractivity contribution in [2.24, 2.45) is 5.92 Å². The number of rotatable bonds is 9. The Labute approximate surface area is 199 Å². The molecule has 2 atom stereocenters. The van der Waals surface area contributed by atoms with Crippen LogP contribution >= 0.6 is 0 Å². The molecule has 34 heavy (non-hydrogen) atoms. The fourth-order valence-electron chi connectivity index (χ4n) is 3.72. The van der Waals surface area contributed by atoms with Gasteiger partial charge in [0.15, 0.2) is 14.9 Å². The second-order valence-electron chi connectivity index (χ2n) is 8.51. The third-order valence-corrected chi connectivity index (χ3v) is 6.30. The first kappa shape index (κ1) is 23.8. The number of aromatic amines is 1. The molecule has 3 aromatic rings. The highest BCUT2D eigenvalue weighted by atomic mass is 32.2. The number of nitrogens with one attached hydrogen (secondary N) is 2. The largest absolute Gasteiger partial charge is 0.488 e. The van der Waals surface area contributed by atoms with Gasteiger partial charge < -0.3 is 24.5 Å². The zero-order valence-corrected chi connectivity index (χ0v) is 20.5. The molecule has 8 nitrogen and oxygen atoms in total. The Hall–Kier alpha value is -3.30. The molecule has 0 radical (unpaired) electrons. The Morgan fingerprint density at radius 1 is 1.09 bits per heavy atom. The van der Waals surface area contributed by atoms with Gasteiger partial charge in [0, 0.05) is 37.2 Å². The summed E-state index contributed by atoms with van der Waals surface area (Å²) in [5.74, 6) is 2.07. The standard InChI is InChI=1S/C25H29N3O5S/c1-16-9-24(26-13-16)23-7-6-22(28-23)18-10-20(32-17(2)15-31-3)12-21(11-18)33-19-5-8-25(27-14-19)34(4,29)30/h5-12,14,16-17,26,28H,13,15H2,1-4H3/t16-,17+/m1/s1. The van der Waals surface area contributed by atoms with Crippen molar-refractivity contribution in [3.05, 3.63) is 60.4 Å². The van der Waals surface area contributed by atoms with Gasteiger partial charge in [-0.2, -0.15) is 0 Å². The number of benzene rings is 1. The first-order chi connectivity index (χ1) is 16.2. The van der Waals surface area contributed by atoms with E-state index in [9.17, 15) is 8.42 Å². The molecule has 9 heteroatoms. The lowest BCUT2D eigenvalue weighted by Gasteiger charge is -2.16. The number of aromatic nitrogens is 2. The Balaban J connectivity index is 1.64. The summed E-state index contributed by atoms with van der Waals surface area (Å²) in [6, 6.07) is 12.7. The van der Waals surface area contributed by atoms with Crippen LogP contribution in [0.1, 0.15) is 19.5 Å². The summed E-state index contributed by atoms with van der Waals surface area (Å²) < 4.78 is 40.6. The lowest BCUT2D eigenvalue weighted by atomic mass is 10.1. The zero-order chi connectivity index (χ0) is 24.3. The number of hydrogen-bond acceptors (Lipinski definition) is 7. The van der Waals surface area contributed by atoms with E-state index in [0.717, 1.165) is 35.4 Å². The van der Waals surface area contributed by atoms with Crippen LogP contribution in [0.5, 0.6) is 17.2 Å². The van der Waals surface area contributed by atoms with Crippen LogP contribution in [0.3, 0.4) is 0 Å². The van der Waals surface area contributed by atoms with Crippen molar-refractivity contribution in [2.45, 2.75) is 25.0 Å². The Morgan fingerprint density at radius 3 is 2.50 bits per heavy atom. The average Bonchev–Trinajstić information content (AvgIpc) is 3.43. The Kier molecular flexibility index (Phi) is 6.95. The van der Waals surface area contributed by atoms with Crippen LogP contribution in [0.25, 0.3) is 17.0 Å². The van der Waals surface area contributed by atoms with E-state index in [1.807, 2.05) is 31.2 Å². The van der Waals surface area contributed by atoms with Crippen LogP contribution in [0.2, 0.25) is 0 Å². The SMILES string of the molecule is COC[C@H](C)Oc1cc(Oc2ccc(S(C)(=O)=O)nc2)cc(-c2ccc(C3=C[C@@H](C)CN3)[nH]2)c1. The normalized spacial score (nSPS) is 16.6. The highest BCUT2D eigenvalue weighted by Gasteiger charge is 2.16. The van der Waals surface area contributed by atoms with Gasteiger partial charge in [0.05, 0.1) is 24.2 Å². The van der Waals surface area contributed by atoms with Gasteiger partial charge in [0.2, 0.25) is 0 Å². The molecule has 1 aliphatic heterocycles. The van der Waals surface area contributed by atoms with Crippen LogP contribution in [-0.2, 0) is 14.6 Å². The number of hydrogen-bond donors (Lipinski definition) is 2. The molecule has 0 bridgehead atoms. The van der Waals surface area contributed by atoms with Crippen LogP contribution in [0.15, 0.2) is 59.8 Å². The molecule has 0 amide bonds. The van der Waals surface area contributed by atoms with Crippen LogP contribution < -0.4 is 14.8 Å². The smallest absolute Gasteiger partial charge is 0.192 e. The molecule has 3 heterocycles. The van der Waals surface area contributed by atoms with Gasteiger partial charge in [-0.05, 0) is 49.2 Å². The molecule has 180 valence electrons. The van der Waals surface area contributed by atoms with Gasteiger partial charge in [-0.15, -0.1) is 0 Å². The summed E-state index contributed by atoms with van der Waals surface area (Å²) in [6.07, 6.45) is 4.57. The van der Waals surface area contributed by atoms with Crippen molar-refractivity contribution in [3.8, 4) is 28.5 Å². The third kappa shape index (κ3) is 5.78. The number of sulfone groups is 1. The lowest BCUT2D eigenvalue weighted by Crippen LogP contribution is -2.17. The highest BCUT2D eigenvalue weighted by molar-refractivity contribution is 7.90. The van der Waals surface area contributed by atoms with E-state index < -0.39 is 9.84 Å². The van der Waals surface area contributed by atoms with E-state index in [1.54, 1.807) is 19.2 Å². The molecule has 0 saturated heterocycles. The molecular weight excluding hydrogens is 454 g/mol. The topological polar surface area (TPSA) is 103 Å². The third-order valence-electron chi connectivity index (χ3n) is 5.30. The summed E-state index contributed by atoms with van der Waals surface area (Å²) in [5.41, 5.74) is 3.91. The molecule has 0 spiro atoms. The van der Waals surface area contributed by atoms with Crippen LogP contribution in [0.4, 0.5) is 0 Å². The second-order valence-corrected chi connectivity index (χ2v) is 10.5. The first-order valence-corrected chi connectivity index (χ1v) is 12.9. The van der Waals surface area contributed by atoms with Crippen molar-refractivity contribution >= 4 is 15.5 Å². The molecule has 0 aliphatic carbocycles. The predicted molar refractivity (Wildman–Crippen MR) is 131 cm³/mol. The molecule has 0 saturated carbocycles. The van der Waals surface area contributed by atoms with Gasteiger partial charge in [-0.1, -0.05) is 13.0 Å². The number of nitrogens with zero attached hydrogens (tertiary/aromatic N) is 1. The highest BCUT2D eigenvalue weighted by Crippen LogP contribution is 2.33. The van der Waals surface area contributed by atoms with Gasteiger partial charge in [-0.3, -0.25) is 0 Å². The minimum atomic E-state index is -3.38. The number of H-pyrrole nitrogens is 1. The van der Waals surface area contributed by atoms with Crippen LogP contribution in [-0.4, -0.2) is 51.0 Å². The summed E-state index contributed by atoms with van der Waals surface area (Å²) in [4.78, 5) is 7.46. The molecule has 4 rings (SSSR count). The van der Waals surface area contributed by atoms with Gasteiger partial charge in [0.25, 0.3) is 0 Å². The van der Waals surface area contributed by atoms with Gasteiger partial charge in [-0.25, -0.2) is 13.4 Å². The second kappa shape index (κ2) is 9.90. The maximum atomic E-state index is 11.7. The quantitative estimate of drug-likeness (QED) is 0.469. The predicted octanol–water partition coefficient (Wildman–Crippen LogP) is 4.27. The zero-order valence-electron chi connectivity index (χ0n) is 19.7. The summed E-state index contributed by atoms with van der Waals surface area (Å²) in [7, 11) is -1.75. The maximum Gasteiger partial charge on any atom is 0.192 e. The molecule has 0 fully saturated rings. The van der Waals surface area contributed by atoms with Crippen LogP contribution in [0, 0.1) is 5.92 Å². The number of ether oxygens (including phenoxy) is 3. The summed E-state index contributed by atoms with van der Waals surface area (Å²) >= 11 is 0. The summed E-state index contributed by atoms with van der Waals surface area (Å²) in [5, 5.41) is 3.41. The molecular formula is C25H29N3O5S. The minimum Gasteiger partial charge on any atom is -0.488 e. The van der Waals surface area contributed by atoms with Crippen molar-refractivity contribution < 1.29 is 22.6 Å². The van der Waals surface area contributed by atoms with E-state index in [4.69, 9.17) is 14.2 Å². The molecule has 1 aliphatic rings. The average molecular weight is 484 g/mol. The van der Waals surface area contributed by atoms with Crippen molar-refractivity contribution in [2.75, 3.05) is 26.5 Å². The molecule has 2 aromatic heterocycles. The maximum absolute atomic E-state index is 11.7. The number of methoxy groups -OCH3 is 1. The first-order valence-electron chi connectivity index (χ1n) is 11.0. The van der Waals surface area contributed by atoms with Gasteiger partial charge >= 0.3 is 0 Å². The van der Waals surface area contributed by atoms with E-state index in [1.165, 1.54) is 12.3 Å². The van der Waals surface area contributed by atoms with Crippen molar-refractivity contribution in [3.63, 3.8) is 0 Å². The lowest BCUT2D eigenvalue weighted by molar-refractivity contribution is 0.0920. The van der Waals surface area contributed by atoms with E-state index in [-0.39, 0.29) is 11.1 Å². The molecule has 0 unspecified atom stereocenters. The van der Waals surface area contributed by atoms with Crippen molar-refractivity contribution in [1.29, 1.82) is 0 Å². The molecule has 2 N–H and O–H groups in total. The van der Waals surface area contributed by atoms with Gasteiger partial charge in [0.1, 0.15) is 23.4 Å². The van der Waals surface area contributed by atoms with E-state index >= 15 is 0 Å². The van der Waals surface area contributed by atoms with Crippen molar-refractivity contribution in [1.82, 2.24) is 15.3 Å². The van der Waals surface area contributed by atoms with E-state index in [2.05, 4.69) is 28.3 Å². The Morgan fingerprint density at radius 2 is 1.85 bits per heavy atom. The number of pyridine rings is 1.